The Labute approximate surface area is 177 Å². The second kappa shape index (κ2) is 8.50. The SMILES string of the molecule is Cc1c(-c2cncnc2)c(C(=O)N2CCOCC2)n(Cc2ccccc2)c1C(F)(F)F. The average molecular weight is 430 g/mol. The van der Waals surface area contributed by atoms with Crippen LogP contribution in [0.4, 0.5) is 13.2 Å². The molecule has 6 nitrogen and oxygen atoms in total. The van der Waals surface area contributed by atoms with Gasteiger partial charge in [0, 0.05) is 43.2 Å². The third kappa shape index (κ3) is 4.18. The van der Waals surface area contributed by atoms with Gasteiger partial charge in [-0.25, -0.2) is 9.97 Å². The molecule has 1 amide bonds. The van der Waals surface area contributed by atoms with Gasteiger partial charge >= 0.3 is 6.18 Å². The van der Waals surface area contributed by atoms with Crippen LogP contribution in [0.1, 0.15) is 27.3 Å². The van der Waals surface area contributed by atoms with Crippen LogP contribution in [0.25, 0.3) is 11.1 Å². The van der Waals surface area contributed by atoms with Gasteiger partial charge in [0.15, 0.2) is 0 Å². The van der Waals surface area contributed by atoms with Gasteiger partial charge < -0.3 is 14.2 Å². The molecule has 2 aromatic heterocycles. The van der Waals surface area contributed by atoms with Crippen LogP contribution in [0.2, 0.25) is 0 Å². The van der Waals surface area contributed by atoms with Gasteiger partial charge in [0.05, 0.1) is 13.2 Å². The highest BCUT2D eigenvalue weighted by Crippen LogP contribution is 2.41. The van der Waals surface area contributed by atoms with Crippen molar-refractivity contribution < 1.29 is 22.7 Å². The molecule has 1 fully saturated rings. The predicted molar refractivity (Wildman–Crippen MR) is 107 cm³/mol. The zero-order valence-electron chi connectivity index (χ0n) is 16.9. The minimum Gasteiger partial charge on any atom is -0.378 e. The Balaban J connectivity index is 1.97. The molecule has 4 rings (SSSR count). The Morgan fingerprint density at radius 3 is 2.35 bits per heavy atom. The van der Waals surface area contributed by atoms with Gasteiger partial charge in [-0.2, -0.15) is 13.2 Å². The lowest BCUT2D eigenvalue weighted by Crippen LogP contribution is -2.41. The molecule has 1 aromatic carbocycles. The molecule has 0 N–H and O–H groups in total. The van der Waals surface area contributed by atoms with Gasteiger partial charge in [-0.3, -0.25) is 4.79 Å². The number of nitrogens with zero attached hydrogens (tertiary/aromatic N) is 4. The standard InChI is InChI=1S/C22H21F3N4O2/c1-15-18(17-11-26-14-27-12-17)19(21(30)28-7-9-31-10-8-28)29(20(15)22(23,24)25)13-16-5-3-2-4-6-16/h2-6,11-12,14H,7-10,13H2,1H3. The lowest BCUT2D eigenvalue weighted by molar-refractivity contribution is -0.143. The number of aromatic nitrogens is 3. The first-order valence-corrected chi connectivity index (χ1v) is 9.84. The molecule has 3 heterocycles. The number of rotatable bonds is 4. The van der Waals surface area contributed by atoms with Crippen molar-refractivity contribution in [2.75, 3.05) is 26.3 Å². The molecule has 9 heteroatoms. The topological polar surface area (TPSA) is 60.3 Å². The van der Waals surface area contributed by atoms with E-state index in [1.807, 2.05) is 0 Å². The lowest BCUT2D eigenvalue weighted by atomic mass is 10.0. The molecule has 0 saturated carbocycles. The highest BCUT2D eigenvalue weighted by atomic mass is 19.4. The Hall–Kier alpha value is -3.20. The molecule has 1 aliphatic heterocycles. The summed E-state index contributed by atoms with van der Waals surface area (Å²) < 4.78 is 49.1. The van der Waals surface area contributed by atoms with E-state index in [0.29, 0.717) is 37.4 Å². The quantitative estimate of drug-likeness (QED) is 0.632. The maximum atomic E-state index is 14.2. The van der Waals surface area contributed by atoms with Crippen LogP contribution in [0.15, 0.2) is 49.1 Å². The maximum absolute atomic E-state index is 14.2. The van der Waals surface area contributed by atoms with Crippen LogP contribution in [0, 0.1) is 6.92 Å². The molecule has 1 saturated heterocycles. The van der Waals surface area contributed by atoms with Crippen LogP contribution in [-0.4, -0.2) is 51.6 Å². The number of morpholine rings is 1. The molecular formula is C22H21F3N4O2. The average Bonchev–Trinajstić information content (AvgIpc) is 3.07. The van der Waals surface area contributed by atoms with Gasteiger partial charge in [-0.15, -0.1) is 0 Å². The minimum absolute atomic E-state index is 0.00891. The monoisotopic (exact) mass is 430 g/mol. The van der Waals surface area contributed by atoms with Crippen molar-refractivity contribution in [3.05, 3.63) is 71.6 Å². The van der Waals surface area contributed by atoms with Crippen molar-refractivity contribution in [2.24, 2.45) is 0 Å². The number of hydrogen-bond donors (Lipinski definition) is 0. The first-order chi connectivity index (χ1) is 14.9. The summed E-state index contributed by atoms with van der Waals surface area (Å²) >= 11 is 0. The highest BCUT2D eigenvalue weighted by Gasteiger charge is 2.42. The number of carbonyl (C=O) groups excluding carboxylic acids is 1. The summed E-state index contributed by atoms with van der Waals surface area (Å²) in [5, 5.41) is 0. The first-order valence-electron chi connectivity index (χ1n) is 9.84. The molecule has 0 atom stereocenters. The largest absolute Gasteiger partial charge is 0.431 e. The molecule has 0 spiro atoms. The summed E-state index contributed by atoms with van der Waals surface area (Å²) in [6.07, 6.45) is -0.488. The molecule has 0 aliphatic carbocycles. The van der Waals surface area contributed by atoms with Gasteiger partial charge in [0.2, 0.25) is 0 Å². The molecular weight excluding hydrogens is 409 g/mol. The van der Waals surface area contributed by atoms with Gasteiger partial charge in [-0.05, 0) is 18.1 Å². The van der Waals surface area contributed by atoms with Crippen LogP contribution in [0.5, 0.6) is 0 Å². The van der Waals surface area contributed by atoms with E-state index in [0.717, 1.165) is 4.57 Å². The van der Waals surface area contributed by atoms with Crippen LogP contribution in [-0.2, 0) is 17.5 Å². The summed E-state index contributed by atoms with van der Waals surface area (Å²) in [4.78, 5) is 23.0. The molecule has 0 bridgehead atoms. The normalized spacial score (nSPS) is 14.6. The van der Waals surface area contributed by atoms with E-state index < -0.39 is 17.8 Å². The highest BCUT2D eigenvalue weighted by molar-refractivity contribution is 6.01. The van der Waals surface area contributed by atoms with Crippen LogP contribution >= 0.6 is 0 Å². The number of carbonyl (C=O) groups is 1. The Morgan fingerprint density at radius 2 is 1.74 bits per heavy atom. The zero-order chi connectivity index (χ0) is 22.0. The van der Waals surface area contributed by atoms with Crippen LogP contribution in [0.3, 0.4) is 0 Å². The third-order valence-electron chi connectivity index (χ3n) is 5.31. The van der Waals surface area contributed by atoms with Crippen molar-refractivity contribution in [2.45, 2.75) is 19.6 Å². The van der Waals surface area contributed by atoms with E-state index in [9.17, 15) is 18.0 Å². The fraction of sp³-hybridized carbons (Fsp3) is 0.318. The molecule has 31 heavy (non-hydrogen) atoms. The van der Waals surface area contributed by atoms with E-state index >= 15 is 0 Å². The van der Waals surface area contributed by atoms with Crippen molar-refractivity contribution in [1.29, 1.82) is 0 Å². The molecule has 0 unspecified atom stereocenters. The predicted octanol–water partition coefficient (Wildman–Crippen LogP) is 3.79. The summed E-state index contributed by atoms with van der Waals surface area (Å²) in [5.41, 5.74) is 0.371. The number of hydrogen-bond acceptors (Lipinski definition) is 4. The van der Waals surface area contributed by atoms with Crippen molar-refractivity contribution in [3.63, 3.8) is 0 Å². The van der Waals surface area contributed by atoms with E-state index in [1.54, 1.807) is 30.3 Å². The van der Waals surface area contributed by atoms with Gasteiger partial charge in [0.1, 0.15) is 17.7 Å². The van der Waals surface area contributed by atoms with Gasteiger partial charge in [-0.1, -0.05) is 30.3 Å². The molecule has 0 radical (unpaired) electrons. The maximum Gasteiger partial charge on any atom is 0.431 e. The number of amides is 1. The smallest absolute Gasteiger partial charge is 0.378 e. The summed E-state index contributed by atoms with van der Waals surface area (Å²) in [5.74, 6) is -0.461. The fourth-order valence-electron chi connectivity index (χ4n) is 3.95. The summed E-state index contributed by atoms with van der Waals surface area (Å²) in [6, 6.07) is 8.79. The minimum atomic E-state index is -4.65. The van der Waals surface area contributed by atoms with E-state index in [-0.39, 0.29) is 23.4 Å². The Morgan fingerprint density at radius 1 is 1.10 bits per heavy atom. The molecule has 3 aromatic rings. The number of ether oxygens (including phenoxy) is 1. The fourth-order valence-corrected chi connectivity index (χ4v) is 3.95. The number of halogens is 3. The Bertz CT molecular complexity index is 1060. The summed E-state index contributed by atoms with van der Waals surface area (Å²) in [6.45, 7) is 2.64. The third-order valence-corrected chi connectivity index (χ3v) is 5.31. The first kappa shape index (κ1) is 21.0. The van der Waals surface area contributed by atoms with Crippen molar-refractivity contribution >= 4 is 5.91 Å². The van der Waals surface area contributed by atoms with Gasteiger partial charge in [0.25, 0.3) is 5.91 Å². The van der Waals surface area contributed by atoms with Crippen LogP contribution < -0.4 is 0 Å². The van der Waals surface area contributed by atoms with Crippen molar-refractivity contribution in [1.82, 2.24) is 19.4 Å². The zero-order valence-corrected chi connectivity index (χ0v) is 16.9. The van der Waals surface area contributed by atoms with E-state index in [2.05, 4.69) is 9.97 Å². The lowest BCUT2D eigenvalue weighted by Gasteiger charge is -2.28. The Kier molecular flexibility index (Phi) is 5.77. The van der Waals surface area contributed by atoms with Crippen molar-refractivity contribution in [3.8, 4) is 11.1 Å². The van der Waals surface area contributed by atoms with E-state index in [1.165, 1.54) is 30.5 Å². The molecule has 162 valence electrons. The second-order valence-corrected chi connectivity index (χ2v) is 7.30. The molecule has 1 aliphatic rings. The second-order valence-electron chi connectivity index (χ2n) is 7.30. The number of alkyl halides is 3. The van der Waals surface area contributed by atoms with E-state index in [4.69, 9.17) is 4.74 Å². The summed E-state index contributed by atoms with van der Waals surface area (Å²) in [7, 11) is 0. The number of benzene rings is 1.